The molecule has 0 heterocycles. The molecule has 0 radical (unpaired) electrons. The Morgan fingerprint density at radius 3 is 2.51 bits per heavy atom. The molecule has 192 valence electrons. The maximum atomic E-state index is 13.4. The molecular formula is C24H28ClF2NO6S. The highest BCUT2D eigenvalue weighted by Gasteiger charge is 2.36. The first-order valence-electron chi connectivity index (χ1n) is 11.2. The lowest BCUT2D eigenvalue weighted by atomic mass is 9.80. The van der Waals surface area contributed by atoms with E-state index in [0.717, 1.165) is 18.2 Å². The van der Waals surface area contributed by atoms with E-state index in [1.54, 1.807) is 6.92 Å². The summed E-state index contributed by atoms with van der Waals surface area (Å²) in [5.74, 6) is -3.31. The quantitative estimate of drug-likeness (QED) is 0.451. The van der Waals surface area contributed by atoms with Crippen molar-refractivity contribution in [2.24, 2.45) is 5.92 Å². The Labute approximate surface area is 208 Å². The van der Waals surface area contributed by atoms with E-state index >= 15 is 0 Å². The van der Waals surface area contributed by atoms with Crippen LogP contribution in [-0.2, 0) is 14.6 Å². The highest BCUT2D eigenvalue weighted by molar-refractivity contribution is 7.91. The van der Waals surface area contributed by atoms with Crippen LogP contribution in [0.25, 0.3) is 0 Å². The number of ether oxygens (including phenoxy) is 1. The van der Waals surface area contributed by atoms with E-state index in [1.165, 1.54) is 18.2 Å². The molecule has 2 aromatic carbocycles. The first-order valence-corrected chi connectivity index (χ1v) is 13.2. The smallest absolute Gasteiger partial charge is 0.255 e. The van der Waals surface area contributed by atoms with E-state index < -0.39 is 39.1 Å². The highest BCUT2D eigenvalue weighted by Crippen LogP contribution is 2.35. The molecule has 35 heavy (non-hydrogen) atoms. The molecule has 0 aromatic heterocycles. The van der Waals surface area contributed by atoms with Crippen LogP contribution in [0, 0.1) is 17.6 Å². The van der Waals surface area contributed by atoms with Gasteiger partial charge in [0.15, 0.2) is 21.5 Å². The number of anilines is 1. The van der Waals surface area contributed by atoms with Gasteiger partial charge in [0.2, 0.25) is 0 Å². The summed E-state index contributed by atoms with van der Waals surface area (Å²) in [6.07, 6.45) is 0.998. The number of carbonyl (C=O) groups is 1. The van der Waals surface area contributed by atoms with Gasteiger partial charge in [-0.3, -0.25) is 4.79 Å². The van der Waals surface area contributed by atoms with Crippen molar-refractivity contribution in [2.45, 2.75) is 49.2 Å². The van der Waals surface area contributed by atoms with Gasteiger partial charge in [-0.25, -0.2) is 17.2 Å². The van der Waals surface area contributed by atoms with E-state index in [4.69, 9.17) is 16.3 Å². The Balaban J connectivity index is 1.66. The van der Waals surface area contributed by atoms with Crippen LogP contribution in [0.4, 0.5) is 14.5 Å². The van der Waals surface area contributed by atoms with E-state index in [9.17, 15) is 32.2 Å². The molecule has 1 aliphatic carbocycles. The zero-order valence-electron chi connectivity index (χ0n) is 19.1. The lowest BCUT2D eigenvalue weighted by molar-refractivity contribution is -0.0862. The van der Waals surface area contributed by atoms with Gasteiger partial charge in [0, 0.05) is 17.3 Å². The SMILES string of the molecule is C[C@H](O)COCC1(O)CCC(CS(=O)(=O)c2cc(C(=O)Nc3ccc(F)c(F)c3)ccc2Cl)CC1. The van der Waals surface area contributed by atoms with Crippen LogP contribution in [0.2, 0.25) is 5.02 Å². The van der Waals surface area contributed by atoms with Crippen LogP contribution in [0.15, 0.2) is 41.3 Å². The summed E-state index contributed by atoms with van der Waals surface area (Å²) in [5, 5.41) is 22.3. The topological polar surface area (TPSA) is 113 Å². The molecule has 0 unspecified atom stereocenters. The lowest BCUT2D eigenvalue weighted by Crippen LogP contribution is -2.40. The van der Waals surface area contributed by atoms with Gasteiger partial charge in [-0.2, -0.15) is 0 Å². The number of amides is 1. The zero-order chi connectivity index (χ0) is 25.8. The molecule has 7 nitrogen and oxygen atoms in total. The summed E-state index contributed by atoms with van der Waals surface area (Å²) in [6.45, 7) is 1.76. The summed E-state index contributed by atoms with van der Waals surface area (Å²) in [7, 11) is -3.86. The summed E-state index contributed by atoms with van der Waals surface area (Å²) in [5.41, 5.74) is -1.06. The van der Waals surface area contributed by atoms with Gasteiger partial charge in [-0.1, -0.05) is 11.6 Å². The Hall–Kier alpha value is -2.11. The maximum absolute atomic E-state index is 13.4. The molecule has 1 fully saturated rings. The Bertz CT molecular complexity index is 1170. The van der Waals surface area contributed by atoms with Gasteiger partial charge >= 0.3 is 0 Å². The summed E-state index contributed by atoms with van der Waals surface area (Å²) >= 11 is 6.15. The number of hydrogen-bond donors (Lipinski definition) is 3. The Morgan fingerprint density at radius 1 is 1.20 bits per heavy atom. The number of rotatable bonds is 9. The van der Waals surface area contributed by atoms with Crippen molar-refractivity contribution in [3.63, 3.8) is 0 Å². The fourth-order valence-corrected chi connectivity index (χ4v) is 6.28. The zero-order valence-corrected chi connectivity index (χ0v) is 20.7. The number of hydrogen-bond acceptors (Lipinski definition) is 6. The molecule has 0 saturated heterocycles. The largest absolute Gasteiger partial charge is 0.391 e. The van der Waals surface area contributed by atoms with Crippen molar-refractivity contribution < 1.29 is 36.9 Å². The molecular weight excluding hydrogens is 504 g/mol. The fourth-order valence-electron chi connectivity index (χ4n) is 4.01. The van der Waals surface area contributed by atoms with Gasteiger partial charge in [-0.05, 0) is 68.9 Å². The monoisotopic (exact) mass is 531 g/mol. The molecule has 1 saturated carbocycles. The van der Waals surface area contributed by atoms with Crippen molar-refractivity contribution in [3.05, 3.63) is 58.6 Å². The van der Waals surface area contributed by atoms with Crippen LogP contribution in [0.5, 0.6) is 0 Å². The number of aliphatic hydroxyl groups excluding tert-OH is 1. The van der Waals surface area contributed by atoms with Crippen molar-refractivity contribution in [2.75, 3.05) is 24.3 Å². The predicted octanol–water partition coefficient (Wildman–Crippen LogP) is 3.96. The fraction of sp³-hybridized carbons (Fsp3) is 0.458. The van der Waals surface area contributed by atoms with Crippen molar-refractivity contribution in [1.82, 2.24) is 0 Å². The van der Waals surface area contributed by atoms with Crippen molar-refractivity contribution in [3.8, 4) is 0 Å². The van der Waals surface area contributed by atoms with Gasteiger partial charge in [-0.15, -0.1) is 0 Å². The summed E-state index contributed by atoms with van der Waals surface area (Å²) in [6, 6.07) is 6.67. The van der Waals surface area contributed by atoms with E-state index in [2.05, 4.69) is 5.32 Å². The second kappa shape index (κ2) is 11.3. The van der Waals surface area contributed by atoms with Crippen LogP contribution < -0.4 is 5.32 Å². The third kappa shape index (κ3) is 7.44. The third-order valence-electron chi connectivity index (χ3n) is 5.93. The average Bonchev–Trinajstić information content (AvgIpc) is 2.78. The maximum Gasteiger partial charge on any atom is 0.255 e. The minimum atomic E-state index is -3.86. The van der Waals surface area contributed by atoms with E-state index in [0.29, 0.717) is 25.7 Å². The number of sulfone groups is 1. The molecule has 3 N–H and O–H groups in total. The molecule has 0 aliphatic heterocycles. The van der Waals surface area contributed by atoms with Crippen LogP contribution >= 0.6 is 11.6 Å². The minimum Gasteiger partial charge on any atom is -0.391 e. The summed E-state index contributed by atoms with van der Waals surface area (Å²) in [4.78, 5) is 12.4. The van der Waals surface area contributed by atoms with Crippen molar-refractivity contribution in [1.29, 1.82) is 0 Å². The van der Waals surface area contributed by atoms with Gasteiger partial charge in [0.25, 0.3) is 5.91 Å². The first kappa shape index (κ1) is 27.5. The van der Waals surface area contributed by atoms with E-state index in [1.807, 2.05) is 0 Å². The molecule has 1 atom stereocenters. The normalized spacial score (nSPS) is 21.5. The lowest BCUT2D eigenvalue weighted by Gasteiger charge is -2.35. The minimum absolute atomic E-state index is 0.00834. The van der Waals surface area contributed by atoms with Crippen LogP contribution in [0.3, 0.4) is 0 Å². The molecule has 3 rings (SSSR count). The van der Waals surface area contributed by atoms with Crippen molar-refractivity contribution >= 4 is 33.0 Å². The van der Waals surface area contributed by atoms with E-state index in [-0.39, 0.29) is 46.1 Å². The highest BCUT2D eigenvalue weighted by atomic mass is 35.5. The molecule has 1 amide bonds. The Kier molecular flexibility index (Phi) is 8.87. The molecule has 0 bridgehead atoms. The van der Waals surface area contributed by atoms with Gasteiger partial charge in [0.05, 0.1) is 40.6 Å². The molecule has 0 spiro atoms. The molecule has 2 aromatic rings. The average molecular weight is 532 g/mol. The van der Waals surface area contributed by atoms with Gasteiger partial charge < -0.3 is 20.3 Å². The first-order chi connectivity index (χ1) is 16.4. The second-order valence-electron chi connectivity index (χ2n) is 9.04. The second-order valence-corrected chi connectivity index (χ2v) is 11.5. The van der Waals surface area contributed by atoms with Gasteiger partial charge in [0.1, 0.15) is 0 Å². The summed E-state index contributed by atoms with van der Waals surface area (Å²) < 4.78 is 58.1. The third-order valence-corrected chi connectivity index (χ3v) is 8.29. The number of carbonyl (C=O) groups excluding carboxylic acids is 1. The Morgan fingerprint density at radius 2 is 1.89 bits per heavy atom. The van der Waals surface area contributed by atoms with Crippen LogP contribution in [0.1, 0.15) is 43.0 Å². The molecule has 11 heteroatoms. The van der Waals surface area contributed by atoms with Crippen LogP contribution in [-0.4, -0.2) is 55.2 Å². The number of halogens is 3. The standard InChI is InChI=1S/C24H28ClF2NO6S/c1-15(29)12-34-14-24(31)8-6-16(7-9-24)13-35(32,33)22-10-17(2-4-19(22)25)23(30)28-18-3-5-20(26)21(27)11-18/h2-5,10-11,15-16,29,31H,6-9,12-14H2,1H3,(H,28,30)/t15-,16?,24?/m0/s1. The number of aliphatic hydroxyl groups is 2. The number of benzene rings is 2. The number of nitrogens with one attached hydrogen (secondary N) is 1. The predicted molar refractivity (Wildman–Crippen MR) is 127 cm³/mol. The molecule has 1 aliphatic rings.